The Bertz CT molecular complexity index is 524. The summed E-state index contributed by atoms with van der Waals surface area (Å²) >= 11 is 0. The third kappa shape index (κ3) is 5.26. The number of rotatable bonds is 8. The van der Waals surface area contributed by atoms with Crippen LogP contribution in [0.4, 0.5) is 0 Å². The Balaban J connectivity index is 1.63. The molecule has 5 nitrogen and oxygen atoms in total. The maximum absolute atomic E-state index is 12.0. The van der Waals surface area contributed by atoms with Crippen LogP contribution in [0.15, 0.2) is 30.3 Å². The van der Waals surface area contributed by atoms with E-state index in [2.05, 4.69) is 0 Å². The Hall–Kier alpha value is -1.11. The first-order chi connectivity index (χ1) is 10.6. The van der Waals surface area contributed by atoms with Crippen molar-refractivity contribution in [2.75, 3.05) is 32.1 Å². The second-order valence-electron chi connectivity index (χ2n) is 5.45. The highest BCUT2D eigenvalue weighted by Crippen LogP contribution is 2.17. The molecule has 0 saturated carbocycles. The van der Waals surface area contributed by atoms with Crippen molar-refractivity contribution in [3.8, 4) is 5.75 Å². The summed E-state index contributed by atoms with van der Waals surface area (Å²) in [6.45, 7) is 4.05. The predicted octanol–water partition coefficient (Wildman–Crippen LogP) is 2.29. The largest absolute Gasteiger partial charge is 0.491 e. The molecule has 0 unspecified atom stereocenters. The van der Waals surface area contributed by atoms with E-state index in [4.69, 9.17) is 9.47 Å². The van der Waals surface area contributed by atoms with E-state index < -0.39 is 10.0 Å². The van der Waals surface area contributed by atoms with Gasteiger partial charge in [-0.1, -0.05) is 25.1 Å². The Morgan fingerprint density at radius 2 is 1.82 bits per heavy atom. The normalized spacial score (nSPS) is 17.5. The van der Waals surface area contributed by atoms with E-state index in [0.29, 0.717) is 32.7 Å². The van der Waals surface area contributed by atoms with E-state index in [-0.39, 0.29) is 11.9 Å². The molecule has 0 spiro atoms. The SMILES string of the molecule is CCCS(=O)(=O)N1CCC(OCCOc2ccccc2)CC1. The molecule has 0 atom stereocenters. The third-order valence-electron chi connectivity index (χ3n) is 3.71. The lowest BCUT2D eigenvalue weighted by Gasteiger charge is -2.31. The van der Waals surface area contributed by atoms with Gasteiger partial charge in [0.2, 0.25) is 10.0 Å². The summed E-state index contributed by atoms with van der Waals surface area (Å²) in [7, 11) is -3.06. The van der Waals surface area contributed by atoms with Crippen molar-refractivity contribution in [2.24, 2.45) is 0 Å². The van der Waals surface area contributed by atoms with Crippen LogP contribution in [0.25, 0.3) is 0 Å². The van der Waals surface area contributed by atoms with Crippen molar-refractivity contribution in [3.63, 3.8) is 0 Å². The zero-order chi connectivity index (χ0) is 15.8. The number of piperidine rings is 1. The highest BCUT2D eigenvalue weighted by Gasteiger charge is 2.27. The van der Waals surface area contributed by atoms with Crippen LogP contribution < -0.4 is 4.74 Å². The van der Waals surface area contributed by atoms with E-state index >= 15 is 0 Å². The third-order valence-corrected chi connectivity index (χ3v) is 5.78. The number of ether oxygens (including phenoxy) is 2. The minimum Gasteiger partial charge on any atom is -0.491 e. The monoisotopic (exact) mass is 327 g/mol. The molecule has 22 heavy (non-hydrogen) atoms. The molecule has 1 aromatic rings. The van der Waals surface area contributed by atoms with Crippen LogP contribution in [0.2, 0.25) is 0 Å². The van der Waals surface area contributed by atoms with Crippen LogP contribution >= 0.6 is 0 Å². The van der Waals surface area contributed by atoms with Gasteiger partial charge in [-0.15, -0.1) is 0 Å². The number of para-hydroxylation sites is 1. The zero-order valence-electron chi connectivity index (χ0n) is 13.1. The Kier molecular flexibility index (Phi) is 6.67. The molecular weight excluding hydrogens is 302 g/mol. The number of nitrogens with zero attached hydrogens (tertiary/aromatic N) is 1. The van der Waals surface area contributed by atoms with Crippen molar-refractivity contribution < 1.29 is 17.9 Å². The molecule has 0 radical (unpaired) electrons. The summed E-state index contributed by atoms with van der Waals surface area (Å²) in [4.78, 5) is 0. The van der Waals surface area contributed by atoms with Gasteiger partial charge in [0.1, 0.15) is 12.4 Å². The quantitative estimate of drug-likeness (QED) is 0.688. The van der Waals surface area contributed by atoms with Gasteiger partial charge in [-0.3, -0.25) is 0 Å². The fourth-order valence-electron chi connectivity index (χ4n) is 2.56. The van der Waals surface area contributed by atoms with Gasteiger partial charge in [0.25, 0.3) is 0 Å². The molecule has 2 rings (SSSR count). The maximum atomic E-state index is 12.0. The number of hydrogen-bond acceptors (Lipinski definition) is 4. The van der Waals surface area contributed by atoms with Crippen molar-refractivity contribution in [2.45, 2.75) is 32.3 Å². The lowest BCUT2D eigenvalue weighted by molar-refractivity contribution is 0.00701. The minimum atomic E-state index is -3.06. The molecule has 1 saturated heterocycles. The fraction of sp³-hybridized carbons (Fsp3) is 0.625. The molecule has 1 aliphatic heterocycles. The van der Waals surface area contributed by atoms with Gasteiger partial charge in [-0.2, -0.15) is 0 Å². The standard InChI is InChI=1S/C16H25NO4S/c1-2-14-22(18,19)17-10-8-16(9-11-17)21-13-12-20-15-6-4-3-5-7-15/h3-7,16H,2,8-14H2,1H3. The summed E-state index contributed by atoms with van der Waals surface area (Å²) in [5, 5.41) is 0. The highest BCUT2D eigenvalue weighted by molar-refractivity contribution is 7.89. The van der Waals surface area contributed by atoms with Crippen LogP contribution in [-0.2, 0) is 14.8 Å². The summed E-state index contributed by atoms with van der Waals surface area (Å²) in [5.41, 5.74) is 0. The Labute approximate surface area is 133 Å². The molecule has 1 heterocycles. The Morgan fingerprint density at radius 3 is 2.45 bits per heavy atom. The first kappa shape index (κ1) is 17.2. The molecule has 1 aliphatic rings. The number of hydrogen-bond donors (Lipinski definition) is 0. The van der Waals surface area contributed by atoms with E-state index in [0.717, 1.165) is 18.6 Å². The smallest absolute Gasteiger partial charge is 0.214 e. The Morgan fingerprint density at radius 1 is 1.14 bits per heavy atom. The van der Waals surface area contributed by atoms with Gasteiger partial charge in [0.15, 0.2) is 0 Å². The fourth-order valence-corrected chi connectivity index (χ4v) is 4.10. The van der Waals surface area contributed by atoms with Crippen molar-refractivity contribution in [1.82, 2.24) is 4.31 Å². The second-order valence-corrected chi connectivity index (χ2v) is 7.54. The van der Waals surface area contributed by atoms with Crippen molar-refractivity contribution >= 4 is 10.0 Å². The van der Waals surface area contributed by atoms with Gasteiger partial charge in [0.05, 0.1) is 18.5 Å². The molecular formula is C16H25NO4S. The van der Waals surface area contributed by atoms with Crippen LogP contribution in [-0.4, -0.2) is 50.9 Å². The topological polar surface area (TPSA) is 55.8 Å². The van der Waals surface area contributed by atoms with Crippen molar-refractivity contribution in [3.05, 3.63) is 30.3 Å². The minimum absolute atomic E-state index is 0.132. The molecule has 0 amide bonds. The van der Waals surface area contributed by atoms with Crippen LogP contribution in [0.3, 0.4) is 0 Å². The summed E-state index contributed by atoms with van der Waals surface area (Å²) in [5.74, 6) is 1.08. The molecule has 0 N–H and O–H groups in total. The first-order valence-electron chi connectivity index (χ1n) is 7.89. The van der Waals surface area contributed by atoms with Gasteiger partial charge in [-0.05, 0) is 31.4 Å². The van der Waals surface area contributed by atoms with Gasteiger partial charge < -0.3 is 9.47 Å². The lowest BCUT2D eigenvalue weighted by Crippen LogP contribution is -2.42. The second kappa shape index (κ2) is 8.50. The molecule has 0 aromatic heterocycles. The van der Waals surface area contributed by atoms with Crippen LogP contribution in [0, 0.1) is 0 Å². The summed E-state index contributed by atoms with van der Waals surface area (Å²) in [6.07, 6.45) is 2.31. The summed E-state index contributed by atoms with van der Waals surface area (Å²) < 4.78 is 36.9. The maximum Gasteiger partial charge on any atom is 0.214 e. The number of benzene rings is 1. The van der Waals surface area contributed by atoms with Crippen molar-refractivity contribution in [1.29, 1.82) is 0 Å². The molecule has 1 fully saturated rings. The van der Waals surface area contributed by atoms with Crippen LogP contribution in [0.1, 0.15) is 26.2 Å². The molecule has 0 bridgehead atoms. The number of sulfonamides is 1. The molecule has 1 aromatic carbocycles. The molecule has 124 valence electrons. The van der Waals surface area contributed by atoms with E-state index in [1.54, 1.807) is 4.31 Å². The lowest BCUT2D eigenvalue weighted by atomic mass is 10.1. The molecule has 0 aliphatic carbocycles. The van der Waals surface area contributed by atoms with Gasteiger partial charge in [0, 0.05) is 13.1 Å². The predicted molar refractivity (Wildman–Crippen MR) is 86.6 cm³/mol. The average Bonchev–Trinajstić information content (AvgIpc) is 2.53. The van der Waals surface area contributed by atoms with E-state index in [9.17, 15) is 8.42 Å². The average molecular weight is 327 g/mol. The zero-order valence-corrected chi connectivity index (χ0v) is 13.9. The van der Waals surface area contributed by atoms with Crippen LogP contribution in [0.5, 0.6) is 5.75 Å². The van der Waals surface area contributed by atoms with Gasteiger partial charge >= 0.3 is 0 Å². The molecule has 6 heteroatoms. The highest BCUT2D eigenvalue weighted by atomic mass is 32.2. The first-order valence-corrected chi connectivity index (χ1v) is 9.50. The van der Waals surface area contributed by atoms with E-state index in [1.807, 2.05) is 37.3 Å². The van der Waals surface area contributed by atoms with E-state index in [1.165, 1.54) is 0 Å². The van der Waals surface area contributed by atoms with Gasteiger partial charge in [-0.25, -0.2) is 12.7 Å². The summed E-state index contributed by atoms with van der Waals surface area (Å²) in [6, 6.07) is 9.64.